The largest absolute Gasteiger partial charge is 0.302 e. The van der Waals surface area contributed by atoms with Gasteiger partial charge in [0.2, 0.25) is 0 Å². The van der Waals surface area contributed by atoms with Crippen molar-refractivity contribution in [3.63, 3.8) is 0 Å². The van der Waals surface area contributed by atoms with Gasteiger partial charge in [0.05, 0.1) is 0 Å². The molecule has 2 fully saturated rings. The van der Waals surface area contributed by atoms with Crippen LogP contribution in [0.1, 0.15) is 39.0 Å². The molecular weight excluding hydrogens is 312 g/mol. The van der Waals surface area contributed by atoms with Crippen molar-refractivity contribution in [2.24, 2.45) is 0 Å². The Morgan fingerprint density at radius 1 is 1.09 bits per heavy atom. The Morgan fingerprint density at radius 2 is 1.78 bits per heavy atom. The zero-order valence-corrected chi connectivity index (χ0v) is 15.9. The summed E-state index contributed by atoms with van der Waals surface area (Å²) in [6.07, 6.45) is 5.84. The van der Waals surface area contributed by atoms with Gasteiger partial charge in [-0.25, -0.2) is 0 Å². The zero-order valence-electron chi connectivity index (χ0n) is 15.1. The number of nitrogens with zero attached hydrogens (tertiary/aromatic N) is 4. The average Bonchev–Trinajstić information content (AvgIpc) is 2.55. The first-order valence-corrected chi connectivity index (χ1v) is 10.5. The normalized spacial score (nSPS) is 26.0. The molecule has 6 nitrogen and oxygen atoms in total. The Bertz CT molecular complexity index is 449. The van der Waals surface area contributed by atoms with Gasteiger partial charge in [0.25, 0.3) is 10.2 Å². The first kappa shape index (κ1) is 19.1. The molecule has 0 aliphatic carbocycles. The first-order valence-electron chi connectivity index (χ1n) is 9.09. The Hall–Kier alpha value is -0.210. The summed E-state index contributed by atoms with van der Waals surface area (Å²) in [5, 5.41) is 0. The number of piperazine rings is 1. The molecule has 2 aliphatic rings. The highest BCUT2D eigenvalue weighted by Gasteiger charge is 2.31. The van der Waals surface area contributed by atoms with E-state index in [1.807, 2.05) is 0 Å². The van der Waals surface area contributed by atoms with Gasteiger partial charge in [-0.1, -0.05) is 19.8 Å². The number of piperidine rings is 1. The van der Waals surface area contributed by atoms with Crippen molar-refractivity contribution in [3.8, 4) is 0 Å². The quantitative estimate of drug-likeness (QED) is 0.692. The third kappa shape index (κ3) is 5.13. The van der Waals surface area contributed by atoms with Gasteiger partial charge in [0.15, 0.2) is 0 Å². The van der Waals surface area contributed by atoms with E-state index in [2.05, 4.69) is 23.8 Å². The van der Waals surface area contributed by atoms with Crippen LogP contribution in [0.15, 0.2) is 0 Å². The van der Waals surface area contributed by atoms with Crippen molar-refractivity contribution in [2.45, 2.75) is 45.1 Å². The second-order valence-corrected chi connectivity index (χ2v) is 9.05. The smallest absolute Gasteiger partial charge is 0.281 e. The maximum Gasteiger partial charge on any atom is 0.281 e. The molecule has 0 N–H and O–H groups in total. The van der Waals surface area contributed by atoms with Gasteiger partial charge >= 0.3 is 0 Å². The molecule has 0 aromatic carbocycles. The summed E-state index contributed by atoms with van der Waals surface area (Å²) in [7, 11) is 0.646. The van der Waals surface area contributed by atoms with Crippen LogP contribution in [-0.2, 0) is 10.2 Å². The highest BCUT2D eigenvalue weighted by molar-refractivity contribution is 7.86. The summed E-state index contributed by atoms with van der Waals surface area (Å²) in [6, 6.07) is 0.638. The Kier molecular flexibility index (Phi) is 7.28. The molecular formula is C16H34N4O2S. The SMILES string of the molecule is CCCCN(C)S(=O)(=O)N1CCN(C[C@H]2CCCCN2C)CC1. The lowest BCUT2D eigenvalue weighted by Gasteiger charge is -2.40. The lowest BCUT2D eigenvalue weighted by molar-refractivity contribution is 0.105. The predicted molar refractivity (Wildman–Crippen MR) is 94.7 cm³/mol. The van der Waals surface area contributed by atoms with E-state index >= 15 is 0 Å². The van der Waals surface area contributed by atoms with Crippen molar-refractivity contribution >= 4 is 10.2 Å². The van der Waals surface area contributed by atoms with E-state index in [9.17, 15) is 8.42 Å². The number of likely N-dealkylation sites (tertiary alicyclic amines) is 1. The van der Waals surface area contributed by atoms with E-state index in [0.29, 0.717) is 25.7 Å². The van der Waals surface area contributed by atoms with E-state index in [0.717, 1.165) is 32.5 Å². The molecule has 0 aromatic heterocycles. The minimum Gasteiger partial charge on any atom is -0.302 e. The van der Waals surface area contributed by atoms with Gasteiger partial charge in [-0.2, -0.15) is 17.0 Å². The van der Waals surface area contributed by atoms with Gasteiger partial charge in [-0.15, -0.1) is 0 Å². The molecule has 2 saturated heterocycles. The second-order valence-electron chi connectivity index (χ2n) is 7.01. The van der Waals surface area contributed by atoms with Crippen molar-refractivity contribution in [1.82, 2.24) is 18.4 Å². The van der Waals surface area contributed by atoms with Crippen LogP contribution in [0.2, 0.25) is 0 Å². The highest BCUT2D eigenvalue weighted by atomic mass is 32.2. The molecule has 0 radical (unpaired) electrons. The molecule has 2 aliphatic heterocycles. The summed E-state index contributed by atoms with van der Waals surface area (Å²) in [6.45, 7) is 7.92. The number of hydrogen-bond acceptors (Lipinski definition) is 4. The average molecular weight is 347 g/mol. The highest BCUT2D eigenvalue weighted by Crippen LogP contribution is 2.18. The van der Waals surface area contributed by atoms with Gasteiger partial charge in [0.1, 0.15) is 0 Å². The molecule has 1 atom stereocenters. The second kappa shape index (κ2) is 8.76. The molecule has 7 heteroatoms. The zero-order chi connectivity index (χ0) is 16.9. The van der Waals surface area contributed by atoms with Crippen molar-refractivity contribution in [1.29, 1.82) is 0 Å². The lowest BCUT2D eigenvalue weighted by Crippen LogP contribution is -2.55. The number of hydrogen-bond donors (Lipinski definition) is 0. The molecule has 0 aromatic rings. The minimum atomic E-state index is -3.27. The van der Waals surface area contributed by atoms with Crippen LogP contribution in [-0.4, -0.2) is 92.8 Å². The molecule has 23 heavy (non-hydrogen) atoms. The predicted octanol–water partition coefficient (Wildman–Crippen LogP) is 1.07. The molecule has 136 valence electrons. The molecule has 0 unspecified atom stereocenters. The first-order chi connectivity index (χ1) is 10.9. The summed E-state index contributed by atoms with van der Waals surface area (Å²) >= 11 is 0. The van der Waals surface area contributed by atoms with E-state index in [-0.39, 0.29) is 0 Å². The summed E-state index contributed by atoms with van der Waals surface area (Å²) < 4.78 is 28.3. The number of unbranched alkanes of at least 4 members (excludes halogenated alkanes) is 1. The van der Waals surface area contributed by atoms with Crippen molar-refractivity contribution in [2.75, 3.05) is 59.9 Å². The van der Waals surface area contributed by atoms with Crippen molar-refractivity contribution < 1.29 is 8.42 Å². The molecule has 0 bridgehead atoms. The maximum absolute atomic E-state index is 12.6. The lowest BCUT2D eigenvalue weighted by atomic mass is 10.0. The standard InChI is InChI=1S/C16H34N4O2S/c1-4-5-10-18(3)23(21,22)20-13-11-19(12-14-20)15-16-8-6-7-9-17(16)2/h16H,4-15H2,1-3H3/t16-/m1/s1. The summed E-state index contributed by atoms with van der Waals surface area (Å²) in [5.41, 5.74) is 0. The molecule has 0 saturated carbocycles. The molecule has 2 heterocycles. The topological polar surface area (TPSA) is 47.1 Å². The van der Waals surface area contributed by atoms with Crippen LogP contribution < -0.4 is 0 Å². The molecule has 0 amide bonds. The van der Waals surface area contributed by atoms with Crippen LogP contribution >= 0.6 is 0 Å². The van der Waals surface area contributed by atoms with Crippen LogP contribution in [0.5, 0.6) is 0 Å². The fourth-order valence-electron chi connectivity index (χ4n) is 3.51. The van der Waals surface area contributed by atoms with E-state index in [1.54, 1.807) is 11.4 Å². The van der Waals surface area contributed by atoms with Gasteiger partial charge in [-0.05, 0) is 32.9 Å². The third-order valence-corrected chi connectivity index (χ3v) is 7.26. The van der Waals surface area contributed by atoms with Crippen LogP contribution in [0.3, 0.4) is 0 Å². The monoisotopic (exact) mass is 346 g/mol. The minimum absolute atomic E-state index is 0.617. The van der Waals surface area contributed by atoms with E-state index in [4.69, 9.17) is 0 Å². The Balaban J connectivity index is 1.81. The fourth-order valence-corrected chi connectivity index (χ4v) is 4.89. The summed E-state index contributed by atoms with van der Waals surface area (Å²) in [4.78, 5) is 4.90. The van der Waals surface area contributed by atoms with Gasteiger partial charge < -0.3 is 4.90 Å². The Labute approximate surface area is 142 Å². The van der Waals surface area contributed by atoms with Crippen molar-refractivity contribution in [3.05, 3.63) is 0 Å². The number of rotatable bonds is 7. The van der Waals surface area contributed by atoms with Crippen LogP contribution in [0, 0.1) is 0 Å². The third-order valence-electron chi connectivity index (χ3n) is 5.27. The van der Waals surface area contributed by atoms with E-state index in [1.165, 1.54) is 30.1 Å². The molecule has 2 rings (SSSR count). The Morgan fingerprint density at radius 3 is 2.39 bits per heavy atom. The maximum atomic E-state index is 12.6. The van der Waals surface area contributed by atoms with Gasteiger partial charge in [-0.3, -0.25) is 4.90 Å². The van der Waals surface area contributed by atoms with Gasteiger partial charge in [0, 0.05) is 52.4 Å². The van der Waals surface area contributed by atoms with E-state index < -0.39 is 10.2 Å². The molecule has 0 spiro atoms. The van der Waals surface area contributed by atoms with Crippen LogP contribution in [0.25, 0.3) is 0 Å². The fraction of sp³-hybridized carbons (Fsp3) is 1.00. The summed E-state index contributed by atoms with van der Waals surface area (Å²) in [5.74, 6) is 0. The van der Waals surface area contributed by atoms with Crippen LogP contribution in [0.4, 0.5) is 0 Å². The number of likely N-dealkylation sites (N-methyl/N-ethyl adjacent to an activating group) is 1.